The number of rotatable bonds is 4. The molecule has 0 saturated heterocycles. The molecule has 2 bridgehead atoms. The molecule has 2 atom stereocenters. The minimum Gasteiger partial charge on any atom is -0.748 e. The first-order chi connectivity index (χ1) is 17.1. The van der Waals surface area contributed by atoms with E-state index in [2.05, 4.69) is 84.9 Å². The van der Waals surface area contributed by atoms with Crippen LogP contribution in [-0.4, -0.2) is 24.5 Å². The van der Waals surface area contributed by atoms with Crippen molar-refractivity contribution in [2.75, 3.05) is 5.75 Å². The van der Waals surface area contributed by atoms with Crippen LogP contribution in [0.15, 0.2) is 84.9 Å². The van der Waals surface area contributed by atoms with E-state index in [1.807, 2.05) is 13.8 Å². The fourth-order valence-corrected chi connectivity index (χ4v) is 10.3. The Morgan fingerprint density at radius 1 is 0.833 bits per heavy atom. The topological polar surface area (TPSA) is 74.3 Å². The molecule has 6 rings (SSSR count). The molecule has 4 nitrogen and oxygen atoms in total. The van der Waals surface area contributed by atoms with Crippen LogP contribution in [0.25, 0.3) is 21.5 Å². The van der Waals surface area contributed by atoms with Crippen LogP contribution < -0.4 is 21.2 Å². The number of halogens is 1. The molecule has 2 saturated carbocycles. The summed E-state index contributed by atoms with van der Waals surface area (Å²) in [6, 6.07) is 30.7. The lowest BCUT2D eigenvalue weighted by molar-refractivity contribution is -0.592. The molecule has 0 heterocycles. The molecule has 0 amide bonds. The molecule has 2 aliphatic carbocycles. The number of carbonyl (C=O) groups excluding carboxylic acids is 1. The minimum atomic E-state index is -4.33. The Bertz CT molecular complexity index is 1470. The predicted octanol–water partition coefficient (Wildman–Crippen LogP) is 3.05. The monoisotopic (exact) mass is 612 g/mol. The summed E-state index contributed by atoms with van der Waals surface area (Å²) in [4.78, 5) is 11.8. The van der Waals surface area contributed by atoms with Crippen molar-refractivity contribution in [3.63, 3.8) is 0 Å². The van der Waals surface area contributed by atoms with Gasteiger partial charge in [0.2, 0.25) is 7.14 Å². The highest BCUT2D eigenvalue weighted by Gasteiger charge is 2.64. The van der Waals surface area contributed by atoms with Crippen molar-refractivity contribution in [2.24, 2.45) is 16.7 Å². The lowest BCUT2D eigenvalue weighted by Gasteiger charge is -2.37. The van der Waals surface area contributed by atoms with Crippen LogP contribution in [0, 0.1) is 23.9 Å². The number of ketones is 1. The van der Waals surface area contributed by atoms with E-state index in [0.29, 0.717) is 12.8 Å². The molecule has 0 aromatic heterocycles. The van der Waals surface area contributed by atoms with E-state index < -0.39 is 21.3 Å². The van der Waals surface area contributed by atoms with Crippen molar-refractivity contribution in [2.45, 2.75) is 33.1 Å². The molecule has 186 valence electrons. The van der Waals surface area contributed by atoms with Crippen molar-refractivity contribution in [3.8, 4) is 0 Å². The van der Waals surface area contributed by atoms with Crippen LogP contribution in [0.4, 0.5) is 0 Å². The minimum absolute atomic E-state index is 0.0248. The third-order valence-electron chi connectivity index (χ3n) is 8.24. The van der Waals surface area contributed by atoms with Crippen molar-refractivity contribution in [1.82, 2.24) is 0 Å². The first-order valence-corrected chi connectivity index (χ1v) is 15.9. The predicted molar refractivity (Wildman–Crippen MR) is 138 cm³/mol. The maximum atomic E-state index is 11.8. The SMILES string of the molecule is CC1(C)C2CCC1(CS(=O)(=O)[O-])C(=O)C2.c1ccc2c([I+]c3cccc4ccccc34)cccc2c1. The van der Waals surface area contributed by atoms with Gasteiger partial charge < -0.3 is 4.55 Å². The summed E-state index contributed by atoms with van der Waals surface area (Å²) in [6.07, 6.45) is 1.88. The maximum Gasteiger partial charge on any atom is 0.359 e. The highest BCUT2D eigenvalue weighted by molar-refractivity contribution is 7.85. The van der Waals surface area contributed by atoms with Crippen LogP contribution in [0.1, 0.15) is 33.1 Å². The number of Topliss-reactive ketones (excluding diaryl/α,β-unsaturated/α-hetero) is 1. The second kappa shape index (κ2) is 9.54. The van der Waals surface area contributed by atoms with Crippen LogP contribution in [0.2, 0.25) is 0 Å². The molecule has 36 heavy (non-hydrogen) atoms. The quantitative estimate of drug-likeness (QED) is 0.263. The summed E-state index contributed by atoms with van der Waals surface area (Å²) in [5.74, 6) is -0.280. The van der Waals surface area contributed by atoms with Gasteiger partial charge in [-0.1, -0.05) is 74.5 Å². The van der Waals surface area contributed by atoms with Gasteiger partial charge in [0.1, 0.15) is 5.78 Å². The normalized spacial score (nSPS) is 22.5. The summed E-state index contributed by atoms with van der Waals surface area (Å²) in [5, 5.41) is 5.49. The zero-order valence-electron chi connectivity index (χ0n) is 20.4. The van der Waals surface area contributed by atoms with Crippen molar-refractivity contribution in [1.29, 1.82) is 0 Å². The number of hydrogen-bond acceptors (Lipinski definition) is 4. The van der Waals surface area contributed by atoms with Crippen LogP contribution in [-0.2, 0) is 14.9 Å². The number of benzene rings is 4. The van der Waals surface area contributed by atoms with E-state index in [9.17, 15) is 17.8 Å². The first kappa shape index (κ1) is 25.4. The smallest absolute Gasteiger partial charge is 0.359 e. The third-order valence-corrected chi connectivity index (χ3v) is 12.1. The molecule has 0 aliphatic heterocycles. The molecule has 2 aliphatic rings. The lowest BCUT2D eigenvalue weighted by atomic mass is 9.70. The number of fused-ring (bicyclic) bond motifs is 4. The van der Waals surface area contributed by atoms with E-state index in [4.69, 9.17) is 0 Å². The Morgan fingerprint density at radius 3 is 1.78 bits per heavy atom. The first-order valence-electron chi connectivity index (χ1n) is 12.2. The fraction of sp³-hybridized carbons (Fsp3) is 0.300. The van der Waals surface area contributed by atoms with E-state index in [-0.39, 0.29) is 38.3 Å². The van der Waals surface area contributed by atoms with Gasteiger partial charge in [0.15, 0.2) is 0 Å². The summed E-state index contributed by atoms with van der Waals surface area (Å²) in [6.45, 7) is 3.83. The average Bonchev–Trinajstić information content (AvgIpc) is 3.18. The highest BCUT2D eigenvalue weighted by atomic mass is 127. The second-order valence-corrected chi connectivity index (χ2v) is 14.7. The van der Waals surface area contributed by atoms with Crippen molar-refractivity contribution >= 4 is 37.4 Å². The largest absolute Gasteiger partial charge is 0.748 e. The zero-order valence-corrected chi connectivity index (χ0v) is 23.4. The number of hydrogen-bond donors (Lipinski definition) is 0. The van der Waals surface area contributed by atoms with Gasteiger partial charge in [-0.3, -0.25) is 4.79 Å². The highest BCUT2D eigenvalue weighted by Crippen LogP contribution is 2.64. The van der Waals surface area contributed by atoms with Gasteiger partial charge in [0.25, 0.3) is 0 Å². The molecule has 0 N–H and O–H groups in total. The molecular weight excluding hydrogens is 583 g/mol. The molecule has 2 fully saturated rings. The lowest BCUT2D eigenvalue weighted by Crippen LogP contribution is -3.61. The Hall–Kier alpha value is -2.29. The maximum absolute atomic E-state index is 11.8. The van der Waals surface area contributed by atoms with Crippen LogP contribution >= 0.6 is 0 Å². The summed E-state index contributed by atoms with van der Waals surface area (Å²) < 4.78 is 35.7. The van der Waals surface area contributed by atoms with Crippen molar-refractivity contribution < 1.29 is 39.0 Å². The van der Waals surface area contributed by atoms with Gasteiger partial charge in [-0.05, 0) is 59.2 Å². The van der Waals surface area contributed by atoms with Gasteiger partial charge in [-0.2, -0.15) is 0 Å². The van der Waals surface area contributed by atoms with Crippen LogP contribution in [0.3, 0.4) is 0 Å². The Kier molecular flexibility index (Phi) is 6.72. The molecule has 0 spiro atoms. The number of carbonyl (C=O) groups is 1. The molecule has 0 radical (unpaired) electrons. The summed E-state index contributed by atoms with van der Waals surface area (Å²) >= 11 is -0.176. The molecule has 2 unspecified atom stereocenters. The summed E-state index contributed by atoms with van der Waals surface area (Å²) in [5.41, 5.74) is -1.22. The Morgan fingerprint density at radius 2 is 1.33 bits per heavy atom. The van der Waals surface area contributed by atoms with E-state index >= 15 is 0 Å². The Labute approximate surface area is 223 Å². The molecule has 6 heteroatoms. The van der Waals surface area contributed by atoms with Crippen molar-refractivity contribution in [3.05, 3.63) is 92.1 Å². The summed E-state index contributed by atoms with van der Waals surface area (Å²) in [7, 11) is -4.33. The molecule has 4 aromatic carbocycles. The average molecular weight is 613 g/mol. The van der Waals surface area contributed by atoms with Gasteiger partial charge in [0, 0.05) is 22.6 Å². The fourth-order valence-electron chi connectivity index (χ4n) is 6.06. The molecule has 4 aromatic rings. The van der Waals surface area contributed by atoms with E-state index in [0.717, 1.165) is 6.42 Å². The second-order valence-electron chi connectivity index (χ2n) is 10.4. The Balaban J connectivity index is 0.000000157. The standard InChI is InChI=1S/C20H14I.C10H16O4S/c1-3-11-17-15(7-1)9-5-13-19(17)21-20-14-6-10-16-8-2-4-12-18(16)20;1-9(2)7-3-4-10(9,8(11)5-7)6-15(12,13)14/h1-14H;7H,3-6H2,1-2H3,(H,12,13,14)/q+1;/p-1. The van der Waals surface area contributed by atoms with Gasteiger partial charge in [0.05, 0.1) is 15.9 Å². The molecular formula is C30H29IO4S. The third kappa shape index (κ3) is 4.59. The van der Waals surface area contributed by atoms with Gasteiger partial charge in [-0.25, -0.2) is 8.42 Å². The van der Waals surface area contributed by atoms with Gasteiger partial charge >= 0.3 is 21.2 Å². The van der Waals surface area contributed by atoms with E-state index in [1.165, 1.54) is 28.7 Å². The van der Waals surface area contributed by atoms with Crippen LogP contribution in [0.5, 0.6) is 0 Å². The zero-order chi connectivity index (χ0) is 25.6. The van der Waals surface area contributed by atoms with Gasteiger partial charge in [-0.15, -0.1) is 0 Å². The van der Waals surface area contributed by atoms with E-state index in [1.54, 1.807) is 0 Å².